The Kier molecular flexibility index (Phi) is 3.75. The van der Waals surface area contributed by atoms with Crippen LogP contribution in [0.25, 0.3) is 0 Å². The summed E-state index contributed by atoms with van der Waals surface area (Å²) in [6, 6.07) is 3.24. The molecule has 1 saturated heterocycles. The lowest BCUT2D eigenvalue weighted by Gasteiger charge is -2.32. The van der Waals surface area contributed by atoms with E-state index in [9.17, 15) is 19.3 Å². The molecule has 19 heavy (non-hydrogen) atoms. The Morgan fingerprint density at radius 2 is 2.32 bits per heavy atom. The first-order chi connectivity index (χ1) is 8.99. The first-order valence-corrected chi connectivity index (χ1v) is 5.95. The summed E-state index contributed by atoms with van der Waals surface area (Å²) in [7, 11) is 0. The molecule has 1 atom stereocenters. The number of hydrogen-bond acceptors (Lipinski definition) is 4. The number of hydrogen-bond donors (Lipinski definition) is 1. The number of carbonyl (C=O) groups excluding carboxylic acids is 1. The molecular formula is C12H14FN3O3. The van der Waals surface area contributed by atoms with E-state index in [1.165, 1.54) is 6.07 Å². The van der Waals surface area contributed by atoms with Gasteiger partial charge in [-0.05, 0) is 13.0 Å². The monoisotopic (exact) mass is 267 g/mol. The van der Waals surface area contributed by atoms with E-state index in [1.54, 1.807) is 4.90 Å². The molecule has 0 radical (unpaired) electrons. The maximum atomic E-state index is 13.7. The van der Waals surface area contributed by atoms with Gasteiger partial charge in [0.2, 0.25) is 0 Å². The maximum absolute atomic E-state index is 13.7. The van der Waals surface area contributed by atoms with Gasteiger partial charge in [0, 0.05) is 31.7 Å². The quantitative estimate of drug-likeness (QED) is 0.644. The van der Waals surface area contributed by atoms with Crippen molar-refractivity contribution in [2.75, 3.05) is 19.6 Å². The highest BCUT2D eigenvalue weighted by Crippen LogP contribution is 2.18. The molecule has 0 aromatic heterocycles. The zero-order chi connectivity index (χ0) is 14.0. The topological polar surface area (TPSA) is 75.5 Å². The molecule has 6 nitrogen and oxygen atoms in total. The summed E-state index contributed by atoms with van der Waals surface area (Å²) in [5, 5.41) is 13.7. The fourth-order valence-electron chi connectivity index (χ4n) is 2.08. The van der Waals surface area contributed by atoms with E-state index in [2.05, 4.69) is 5.32 Å². The molecule has 102 valence electrons. The van der Waals surface area contributed by atoms with Crippen molar-refractivity contribution < 1.29 is 14.1 Å². The summed E-state index contributed by atoms with van der Waals surface area (Å²) in [4.78, 5) is 23.5. The summed E-state index contributed by atoms with van der Waals surface area (Å²) in [5.74, 6) is -1.29. The van der Waals surface area contributed by atoms with Crippen LogP contribution in [0.5, 0.6) is 0 Å². The van der Waals surface area contributed by atoms with E-state index in [0.717, 1.165) is 12.1 Å². The minimum absolute atomic E-state index is 0.125. The van der Waals surface area contributed by atoms with Crippen molar-refractivity contribution in [3.63, 3.8) is 0 Å². The summed E-state index contributed by atoms with van der Waals surface area (Å²) >= 11 is 0. The molecule has 1 fully saturated rings. The first kappa shape index (κ1) is 13.4. The molecule has 1 heterocycles. The van der Waals surface area contributed by atoms with Gasteiger partial charge >= 0.3 is 0 Å². The van der Waals surface area contributed by atoms with Crippen molar-refractivity contribution in [1.29, 1.82) is 0 Å². The molecular weight excluding hydrogens is 253 g/mol. The van der Waals surface area contributed by atoms with Gasteiger partial charge < -0.3 is 10.2 Å². The molecule has 0 bridgehead atoms. The van der Waals surface area contributed by atoms with Crippen molar-refractivity contribution in [2.45, 2.75) is 13.0 Å². The largest absolute Gasteiger partial charge is 0.336 e. The number of benzene rings is 1. The average Bonchev–Trinajstić information content (AvgIpc) is 2.37. The lowest BCUT2D eigenvalue weighted by molar-refractivity contribution is -0.385. The van der Waals surface area contributed by atoms with Crippen molar-refractivity contribution >= 4 is 11.6 Å². The summed E-state index contributed by atoms with van der Waals surface area (Å²) < 4.78 is 13.7. The van der Waals surface area contributed by atoms with Gasteiger partial charge in [0.05, 0.1) is 16.6 Å². The Bertz CT molecular complexity index is 521. The predicted molar refractivity (Wildman–Crippen MR) is 66.4 cm³/mol. The smallest absolute Gasteiger partial charge is 0.272 e. The maximum Gasteiger partial charge on any atom is 0.272 e. The molecule has 1 aromatic rings. The van der Waals surface area contributed by atoms with Crippen LogP contribution >= 0.6 is 0 Å². The van der Waals surface area contributed by atoms with Crippen LogP contribution in [0.4, 0.5) is 10.1 Å². The molecule has 7 heteroatoms. The Morgan fingerprint density at radius 1 is 1.58 bits per heavy atom. The van der Waals surface area contributed by atoms with Crippen molar-refractivity contribution in [2.24, 2.45) is 0 Å². The first-order valence-electron chi connectivity index (χ1n) is 5.95. The van der Waals surface area contributed by atoms with Gasteiger partial charge in [-0.2, -0.15) is 0 Å². The van der Waals surface area contributed by atoms with Crippen LogP contribution in [-0.2, 0) is 0 Å². The zero-order valence-corrected chi connectivity index (χ0v) is 10.4. The van der Waals surface area contributed by atoms with Gasteiger partial charge in [0.25, 0.3) is 11.6 Å². The van der Waals surface area contributed by atoms with Crippen LogP contribution in [0.15, 0.2) is 18.2 Å². The van der Waals surface area contributed by atoms with E-state index in [-0.39, 0.29) is 17.3 Å². The standard InChI is InChI=1S/C12H14FN3O3/c1-8-7-15(5-4-14-8)12(17)10-3-2-9(16(18)19)6-11(10)13/h2-3,6,8,14H,4-5,7H2,1H3/t8-/m1/s1. The highest BCUT2D eigenvalue weighted by molar-refractivity contribution is 5.94. The number of non-ortho nitro benzene ring substituents is 1. The van der Waals surface area contributed by atoms with Gasteiger partial charge in [0.1, 0.15) is 5.82 Å². The normalized spacial score (nSPS) is 19.3. The number of carbonyl (C=O) groups is 1. The van der Waals surface area contributed by atoms with Gasteiger partial charge in [-0.3, -0.25) is 14.9 Å². The van der Waals surface area contributed by atoms with E-state index in [1.807, 2.05) is 6.92 Å². The van der Waals surface area contributed by atoms with E-state index in [4.69, 9.17) is 0 Å². The van der Waals surface area contributed by atoms with Crippen LogP contribution in [0.2, 0.25) is 0 Å². The van der Waals surface area contributed by atoms with Crippen molar-refractivity contribution in [3.8, 4) is 0 Å². The lowest BCUT2D eigenvalue weighted by atomic mass is 10.1. The van der Waals surface area contributed by atoms with Gasteiger partial charge in [0.15, 0.2) is 0 Å². The fraction of sp³-hybridized carbons (Fsp3) is 0.417. The molecule has 1 aliphatic heterocycles. The summed E-state index contributed by atoms with van der Waals surface area (Å²) in [5.41, 5.74) is -0.484. The summed E-state index contributed by atoms with van der Waals surface area (Å²) in [6.07, 6.45) is 0. The molecule has 1 aliphatic rings. The summed E-state index contributed by atoms with van der Waals surface area (Å²) in [6.45, 7) is 3.59. The number of nitro groups is 1. The molecule has 0 aliphatic carbocycles. The van der Waals surface area contributed by atoms with Gasteiger partial charge in [-0.1, -0.05) is 0 Å². The van der Waals surface area contributed by atoms with Crippen LogP contribution in [-0.4, -0.2) is 41.4 Å². The number of amides is 1. The minimum Gasteiger partial charge on any atom is -0.336 e. The number of nitrogens with one attached hydrogen (secondary N) is 1. The number of nitrogens with zero attached hydrogens (tertiary/aromatic N) is 2. The SMILES string of the molecule is C[C@@H]1CN(C(=O)c2ccc([N+](=O)[O-])cc2F)CCN1. The number of rotatable bonds is 2. The van der Waals surface area contributed by atoms with Crippen LogP contribution in [0, 0.1) is 15.9 Å². The molecule has 0 unspecified atom stereocenters. The lowest BCUT2D eigenvalue weighted by Crippen LogP contribution is -2.51. The highest BCUT2D eigenvalue weighted by Gasteiger charge is 2.24. The second-order valence-electron chi connectivity index (χ2n) is 4.53. The fourth-order valence-corrected chi connectivity index (χ4v) is 2.08. The molecule has 1 amide bonds. The Labute approximate surface area is 109 Å². The Morgan fingerprint density at radius 3 is 2.89 bits per heavy atom. The Hall–Kier alpha value is -2.02. The third-order valence-corrected chi connectivity index (χ3v) is 3.05. The van der Waals surface area contributed by atoms with Crippen LogP contribution in [0.1, 0.15) is 17.3 Å². The second-order valence-corrected chi connectivity index (χ2v) is 4.53. The third-order valence-electron chi connectivity index (χ3n) is 3.05. The minimum atomic E-state index is -0.856. The van der Waals surface area contributed by atoms with E-state index >= 15 is 0 Å². The Balaban J connectivity index is 2.21. The van der Waals surface area contributed by atoms with E-state index < -0.39 is 16.6 Å². The van der Waals surface area contributed by atoms with Gasteiger partial charge in [-0.25, -0.2) is 4.39 Å². The molecule has 1 N–H and O–H groups in total. The van der Waals surface area contributed by atoms with Crippen molar-refractivity contribution in [3.05, 3.63) is 39.7 Å². The molecule has 1 aromatic carbocycles. The van der Waals surface area contributed by atoms with E-state index in [0.29, 0.717) is 19.6 Å². The number of piperazine rings is 1. The number of halogens is 1. The zero-order valence-electron chi connectivity index (χ0n) is 10.4. The predicted octanol–water partition coefficient (Wildman–Crippen LogP) is 1.17. The average molecular weight is 267 g/mol. The molecule has 0 spiro atoms. The van der Waals surface area contributed by atoms with Gasteiger partial charge in [-0.15, -0.1) is 0 Å². The van der Waals surface area contributed by atoms with Crippen LogP contribution < -0.4 is 5.32 Å². The molecule has 0 saturated carbocycles. The highest BCUT2D eigenvalue weighted by atomic mass is 19.1. The third kappa shape index (κ3) is 2.87. The molecule has 2 rings (SSSR count). The number of nitro benzene ring substituents is 1. The van der Waals surface area contributed by atoms with Crippen LogP contribution in [0.3, 0.4) is 0 Å². The second kappa shape index (κ2) is 5.31. The van der Waals surface area contributed by atoms with Crippen molar-refractivity contribution in [1.82, 2.24) is 10.2 Å².